The second-order valence-electron chi connectivity index (χ2n) is 7.04. The van der Waals surface area contributed by atoms with Gasteiger partial charge in [-0.3, -0.25) is 4.79 Å². The number of rotatable bonds is 5. The molecule has 1 N–H and O–H groups in total. The molecule has 1 fully saturated rings. The highest BCUT2D eigenvalue weighted by Crippen LogP contribution is 2.23. The Hall–Kier alpha value is -2.86. The number of nitrogens with one attached hydrogen (secondary N) is 1. The minimum atomic E-state index is -0.222. The number of anilines is 1. The van der Waals surface area contributed by atoms with Crippen LogP contribution < -0.4 is 10.2 Å². The van der Waals surface area contributed by atoms with Gasteiger partial charge in [0, 0.05) is 50.1 Å². The number of carbonyl (C=O) groups is 1. The largest absolute Gasteiger partial charge is 0.369 e. The molecule has 0 radical (unpaired) electrons. The van der Waals surface area contributed by atoms with Crippen molar-refractivity contribution in [1.82, 2.24) is 15.4 Å². The highest BCUT2D eigenvalue weighted by atomic mass is 16.5. The summed E-state index contributed by atoms with van der Waals surface area (Å²) in [6.07, 6.45) is 6.81. The number of hydrogen-bond donors (Lipinski definition) is 1. The lowest BCUT2D eigenvalue weighted by molar-refractivity contribution is 0.0942. The average molecular weight is 364 g/mol. The molecule has 0 unspecified atom stereocenters. The lowest BCUT2D eigenvalue weighted by Gasteiger charge is -2.34. The van der Waals surface area contributed by atoms with Crippen molar-refractivity contribution in [3.05, 3.63) is 65.6 Å². The molecule has 4 rings (SSSR count). The Morgan fingerprint density at radius 3 is 2.67 bits per heavy atom. The first kappa shape index (κ1) is 17.5. The molecule has 2 aliphatic rings. The molecule has 0 bridgehead atoms. The van der Waals surface area contributed by atoms with Gasteiger partial charge in [-0.25, -0.2) is 0 Å². The number of carbonyl (C=O) groups excluding carboxylic acids is 1. The number of aromatic nitrogens is 1. The molecule has 27 heavy (non-hydrogen) atoms. The Kier molecular flexibility index (Phi) is 5.07. The summed E-state index contributed by atoms with van der Waals surface area (Å²) in [5.41, 5.74) is 3.65. The fourth-order valence-corrected chi connectivity index (χ4v) is 3.33. The van der Waals surface area contributed by atoms with E-state index in [9.17, 15) is 4.79 Å². The Morgan fingerprint density at radius 2 is 1.96 bits per heavy atom. The molecule has 0 spiro atoms. The first-order valence-corrected chi connectivity index (χ1v) is 9.32. The predicted octanol–water partition coefficient (Wildman–Crippen LogP) is 2.70. The molecule has 1 saturated heterocycles. The van der Waals surface area contributed by atoms with Crippen LogP contribution in [-0.2, 0) is 6.54 Å². The lowest BCUT2D eigenvalue weighted by Crippen LogP contribution is -2.44. The maximum absolute atomic E-state index is 12.3. The van der Waals surface area contributed by atoms with E-state index in [2.05, 4.69) is 51.6 Å². The Morgan fingerprint density at radius 1 is 1.19 bits per heavy atom. The zero-order valence-corrected chi connectivity index (χ0v) is 15.5. The van der Waals surface area contributed by atoms with Crippen molar-refractivity contribution in [2.24, 2.45) is 0 Å². The second kappa shape index (κ2) is 7.80. The standard InChI is InChI=1S/C21H24N4O2/c1-24-10-12-25(13-11-24)18-8-6-16(7-9-18)15-22-21(26)19-14-20(27-23-19)17-4-2-3-5-17/h2-4,6-9,14H,5,10-13,15H2,1H3,(H,22,26). The van der Waals surface area contributed by atoms with E-state index in [-0.39, 0.29) is 5.91 Å². The van der Waals surface area contributed by atoms with Crippen molar-refractivity contribution in [1.29, 1.82) is 0 Å². The number of nitrogens with zero attached hydrogens (tertiary/aromatic N) is 3. The predicted molar refractivity (Wildman–Crippen MR) is 106 cm³/mol. The first-order valence-electron chi connectivity index (χ1n) is 9.32. The van der Waals surface area contributed by atoms with E-state index in [1.54, 1.807) is 6.07 Å². The molecule has 1 amide bonds. The van der Waals surface area contributed by atoms with Crippen LogP contribution in [0.15, 0.2) is 53.1 Å². The monoisotopic (exact) mass is 364 g/mol. The zero-order valence-electron chi connectivity index (χ0n) is 15.5. The van der Waals surface area contributed by atoms with Gasteiger partial charge in [-0.2, -0.15) is 0 Å². The van der Waals surface area contributed by atoms with Crippen LogP contribution in [0.3, 0.4) is 0 Å². The summed E-state index contributed by atoms with van der Waals surface area (Å²) in [4.78, 5) is 17.0. The van der Waals surface area contributed by atoms with Crippen molar-refractivity contribution < 1.29 is 9.32 Å². The number of allylic oxidation sites excluding steroid dienone is 4. The van der Waals surface area contributed by atoms with Crippen molar-refractivity contribution in [2.45, 2.75) is 13.0 Å². The molecule has 1 aliphatic carbocycles. The van der Waals surface area contributed by atoms with Crippen molar-refractivity contribution >= 4 is 17.2 Å². The van der Waals surface area contributed by atoms with Gasteiger partial charge in [-0.1, -0.05) is 35.5 Å². The summed E-state index contributed by atoms with van der Waals surface area (Å²) in [5, 5.41) is 6.80. The third-order valence-corrected chi connectivity index (χ3v) is 5.09. The smallest absolute Gasteiger partial charge is 0.273 e. The Balaban J connectivity index is 1.31. The van der Waals surface area contributed by atoms with Crippen LogP contribution in [0.25, 0.3) is 5.57 Å². The average Bonchev–Trinajstić information content (AvgIpc) is 3.39. The maximum atomic E-state index is 12.3. The summed E-state index contributed by atoms with van der Waals surface area (Å²) in [6, 6.07) is 10.1. The molecule has 1 aliphatic heterocycles. The minimum absolute atomic E-state index is 0.222. The fourth-order valence-electron chi connectivity index (χ4n) is 3.33. The molecule has 0 saturated carbocycles. The third-order valence-electron chi connectivity index (χ3n) is 5.09. The quantitative estimate of drug-likeness (QED) is 0.884. The fraction of sp³-hybridized carbons (Fsp3) is 0.333. The van der Waals surface area contributed by atoms with Crippen LogP contribution in [0.2, 0.25) is 0 Å². The molecular formula is C21H24N4O2. The molecule has 1 aromatic heterocycles. The maximum Gasteiger partial charge on any atom is 0.273 e. The van der Waals surface area contributed by atoms with E-state index in [0.29, 0.717) is 18.0 Å². The van der Waals surface area contributed by atoms with Crippen LogP contribution in [0.4, 0.5) is 5.69 Å². The van der Waals surface area contributed by atoms with Crippen molar-refractivity contribution in [3.63, 3.8) is 0 Å². The van der Waals surface area contributed by atoms with E-state index < -0.39 is 0 Å². The SMILES string of the molecule is CN1CCN(c2ccc(CNC(=O)c3cc(C4=CC=CC4)on3)cc2)CC1. The summed E-state index contributed by atoms with van der Waals surface area (Å²) in [6.45, 7) is 4.74. The summed E-state index contributed by atoms with van der Waals surface area (Å²) < 4.78 is 5.28. The van der Waals surface area contributed by atoms with Gasteiger partial charge in [0.2, 0.25) is 0 Å². The lowest BCUT2D eigenvalue weighted by atomic mass is 10.1. The normalized spacial score (nSPS) is 17.2. The van der Waals surface area contributed by atoms with Gasteiger partial charge in [0.25, 0.3) is 5.91 Å². The van der Waals surface area contributed by atoms with Crippen LogP contribution in [-0.4, -0.2) is 49.2 Å². The third kappa shape index (κ3) is 4.11. The van der Waals surface area contributed by atoms with Gasteiger partial charge in [-0.15, -0.1) is 0 Å². The number of likely N-dealkylation sites (N-methyl/N-ethyl adjacent to an activating group) is 1. The van der Waals surface area contributed by atoms with E-state index >= 15 is 0 Å². The van der Waals surface area contributed by atoms with Gasteiger partial charge in [0.05, 0.1) is 0 Å². The molecule has 2 aromatic rings. The first-order chi connectivity index (χ1) is 13.2. The summed E-state index contributed by atoms with van der Waals surface area (Å²) in [7, 11) is 2.16. The van der Waals surface area contributed by atoms with E-state index in [0.717, 1.165) is 43.7 Å². The molecule has 2 heterocycles. The van der Waals surface area contributed by atoms with Gasteiger partial charge in [0.1, 0.15) is 0 Å². The minimum Gasteiger partial charge on any atom is -0.369 e. The molecule has 0 atom stereocenters. The van der Waals surface area contributed by atoms with Gasteiger partial charge in [0.15, 0.2) is 11.5 Å². The van der Waals surface area contributed by atoms with Crippen molar-refractivity contribution in [2.75, 3.05) is 38.1 Å². The van der Waals surface area contributed by atoms with E-state index in [4.69, 9.17) is 4.52 Å². The molecule has 6 heteroatoms. The number of hydrogen-bond acceptors (Lipinski definition) is 5. The van der Waals surface area contributed by atoms with Crippen LogP contribution in [0, 0.1) is 0 Å². The number of amides is 1. The van der Waals surface area contributed by atoms with Crippen LogP contribution in [0.5, 0.6) is 0 Å². The van der Waals surface area contributed by atoms with Gasteiger partial charge >= 0.3 is 0 Å². The van der Waals surface area contributed by atoms with E-state index in [1.807, 2.05) is 18.2 Å². The van der Waals surface area contributed by atoms with Crippen LogP contribution in [0.1, 0.15) is 28.2 Å². The van der Waals surface area contributed by atoms with Crippen molar-refractivity contribution in [3.8, 4) is 0 Å². The van der Waals surface area contributed by atoms with Crippen LogP contribution >= 0.6 is 0 Å². The zero-order chi connectivity index (χ0) is 18.6. The highest BCUT2D eigenvalue weighted by molar-refractivity contribution is 5.92. The Bertz CT molecular complexity index is 859. The number of benzene rings is 1. The van der Waals surface area contributed by atoms with Gasteiger partial charge < -0.3 is 19.6 Å². The molecule has 6 nitrogen and oxygen atoms in total. The van der Waals surface area contributed by atoms with E-state index in [1.165, 1.54) is 5.69 Å². The molecular weight excluding hydrogens is 340 g/mol. The Labute approximate surface area is 159 Å². The topological polar surface area (TPSA) is 61.6 Å². The number of piperazine rings is 1. The summed E-state index contributed by atoms with van der Waals surface area (Å²) >= 11 is 0. The highest BCUT2D eigenvalue weighted by Gasteiger charge is 2.16. The molecule has 140 valence electrons. The summed E-state index contributed by atoms with van der Waals surface area (Å²) in [5.74, 6) is 0.432. The van der Waals surface area contributed by atoms with Gasteiger partial charge in [-0.05, 0) is 31.2 Å². The molecule has 1 aromatic carbocycles. The second-order valence-corrected chi connectivity index (χ2v) is 7.04.